The molecule has 0 radical (unpaired) electrons. The molecule has 0 atom stereocenters. The molecule has 1 heterocycles. The fraction of sp³-hybridized carbons (Fsp3) is 0.316. The van der Waals surface area contributed by atoms with Crippen LogP contribution in [-0.2, 0) is 42.7 Å². The van der Waals surface area contributed by atoms with Crippen molar-refractivity contribution in [1.29, 1.82) is 0 Å². The van der Waals surface area contributed by atoms with Crippen molar-refractivity contribution in [1.82, 2.24) is 21.3 Å². The van der Waals surface area contributed by atoms with Gasteiger partial charge in [0.05, 0.1) is 0 Å². The van der Waals surface area contributed by atoms with Gasteiger partial charge in [0.15, 0.2) is 0 Å². The molecule has 0 aliphatic carbocycles. The van der Waals surface area contributed by atoms with Crippen LogP contribution in [0.15, 0.2) is 97.1 Å². The van der Waals surface area contributed by atoms with Crippen LogP contribution >= 0.6 is 24.4 Å². The van der Waals surface area contributed by atoms with Crippen LogP contribution in [-0.4, -0.2) is 62.9 Å². The summed E-state index contributed by atoms with van der Waals surface area (Å²) in [4.78, 5) is 0. The van der Waals surface area contributed by atoms with Gasteiger partial charge in [-0.05, 0) is 24.3 Å². The summed E-state index contributed by atoms with van der Waals surface area (Å²) in [5, 5.41) is 31.0. The normalized spacial score (nSPS) is 14.4. The summed E-state index contributed by atoms with van der Waals surface area (Å²) in [6.45, 7) is 8.09. The maximum atomic E-state index is 7.13. The van der Waals surface area contributed by atoms with E-state index in [0.717, 1.165) is 97.6 Å². The molecule has 4 N–H and O–H groups in total. The van der Waals surface area contributed by atoms with E-state index in [-0.39, 0.29) is 16.5 Å². The Hall–Kier alpha value is -3.99. The fourth-order valence-corrected chi connectivity index (χ4v) is 5.02. The molecule has 4 aromatic carbocycles. The average molecular weight is 772 g/mol. The minimum absolute atomic E-state index is 0. The molecule has 0 unspecified atom stereocenters. The van der Waals surface area contributed by atoms with Crippen molar-refractivity contribution in [2.75, 3.05) is 52.6 Å². The van der Waals surface area contributed by atoms with E-state index in [4.69, 9.17) is 29.8 Å². The van der Waals surface area contributed by atoms with Crippen LogP contribution in [0, 0.1) is 0 Å². The smallest absolute Gasteiger partial charge is 0.123 e. The fourth-order valence-electron chi connectivity index (χ4n) is 5.02. The van der Waals surface area contributed by atoms with Crippen LogP contribution in [0.3, 0.4) is 0 Å². The van der Waals surface area contributed by atoms with Crippen molar-refractivity contribution < 1.29 is 35.4 Å². The van der Waals surface area contributed by atoms with Crippen LogP contribution in [0.5, 0.6) is 23.0 Å². The Labute approximate surface area is 322 Å². The van der Waals surface area contributed by atoms with Gasteiger partial charge in [0.2, 0.25) is 0 Å². The largest absolute Gasteiger partial charge is 0.753 e. The number of fused-ring (bicyclic) bond motifs is 4. The number of para-hydroxylation sites is 4. The first-order valence-electron chi connectivity index (χ1n) is 16.4. The number of rotatable bonds is 0. The molecule has 0 bridgehead atoms. The van der Waals surface area contributed by atoms with Gasteiger partial charge >= 0.3 is 0 Å². The molecule has 0 saturated heterocycles. The summed E-state index contributed by atoms with van der Waals surface area (Å²) in [6, 6.07) is 32.6. The second kappa shape index (κ2) is 27.7. The van der Waals surface area contributed by atoms with Gasteiger partial charge in [0.1, 0.15) is 49.4 Å². The number of nitrogens with zero attached hydrogens (tertiary/aromatic N) is 2. The first kappa shape index (κ1) is 43.2. The van der Waals surface area contributed by atoms with Crippen LogP contribution in [0.1, 0.15) is 22.3 Å². The van der Waals surface area contributed by atoms with E-state index >= 15 is 0 Å². The van der Waals surface area contributed by atoms with Gasteiger partial charge in [0.25, 0.3) is 0 Å². The predicted octanol–water partition coefficient (Wildman–Crippen LogP) is 5.99. The molecule has 5 rings (SSSR count). The summed E-state index contributed by atoms with van der Waals surface area (Å²) >= 11 is 7.40. The summed E-state index contributed by atoms with van der Waals surface area (Å²) in [5.41, 5.74) is 4.51. The first-order valence-corrected chi connectivity index (χ1v) is 17.2. The molecule has 51 heavy (non-hydrogen) atoms. The Bertz CT molecular complexity index is 1390. The molecule has 0 fully saturated rings. The molecular weight excluding hydrogens is 727 g/mol. The van der Waals surface area contributed by atoms with E-state index < -0.39 is 0 Å². The Morgan fingerprint density at radius 1 is 0.412 bits per heavy atom. The number of ether oxygens (including phenoxy) is 4. The van der Waals surface area contributed by atoms with Crippen molar-refractivity contribution in [3.05, 3.63) is 130 Å². The molecule has 0 aromatic heterocycles. The molecule has 13 heteroatoms. The maximum Gasteiger partial charge on any atom is 0.123 e. The van der Waals surface area contributed by atoms with Gasteiger partial charge in [-0.25, -0.2) is 0 Å². The zero-order valence-corrected chi connectivity index (χ0v) is 31.0. The SMILES string of the molecule is [N-]=C=S.[N-]=C=S.[Ni].c1ccc2c(c1)CNCCNCc1ccccc1OCCOc1ccccc1CNCCNCc1ccccc1OCCO2. The molecule has 274 valence electrons. The predicted molar refractivity (Wildman–Crippen MR) is 206 cm³/mol. The third-order valence-electron chi connectivity index (χ3n) is 7.31. The average Bonchev–Trinajstić information content (AvgIpc) is 3.14. The van der Waals surface area contributed by atoms with Gasteiger partial charge in [-0.3, -0.25) is 0 Å². The van der Waals surface area contributed by atoms with E-state index in [1.807, 2.05) is 72.8 Å². The molecule has 0 spiro atoms. The molecule has 1 aliphatic heterocycles. The van der Waals surface area contributed by atoms with Gasteiger partial charge < -0.3 is 51.0 Å². The summed E-state index contributed by atoms with van der Waals surface area (Å²) in [6.07, 6.45) is 0. The van der Waals surface area contributed by atoms with Crippen LogP contribution in [0.25, 0.3) is 10.8 Å². The molecule has 1 aliphatic rings. The molecule has 0 amide bonds. The second-order valence-electron chi connectivity index (χ2n) is 10.7. The Kier molecular flexibility index (Phi) is 23.5. The second-order valence-corrected chi connectivity index (χ2v) is 11.1. The quantitative estimate of drug-likeness (QED) is 0.0962. The standard InChI is InChI=1S/C36H44N4O4.2CNS.Ni/c1-5-13-33-29(9-1)25-37-17-18-38-26-30-10-3-7-15-35(30)43-23-24-44-36-16-8-4-12-32(36)28-40-20-19-39-27-31-11-2-6-14-34(31)42-22-21-41-33;2*2-1-3;/h1-16,37-40H,17-28H2;;;/q;2*-1;. The molecule has 0 saturated carbocycles. The van der Waals surface area contributed by atoms with Crippen molar-refractivity contribution >= 4 is 34.8 Å². The summed E-state index contributed by atoms with van der Waals surface area (Å²) in [5.74, 6) is 3.52. The number of benzene rings is 4. The van der Waals surface area contributed by atoms with Crippen LogP contribution in [0.4, 0.5) is 0 Å². The molecular formula is C38H44N6NiO4S2-2. The minimum Gasteiger partial charge on any atom is -0.753 e. The third kappa shape index (κ3) is 17.2. The zero-order valence-electron chi connectivity index (χ0n) is 28.4. The van der Waals surface area contributed by atoms with Crippen molar-refractivity contribution in [2.24, 2.45) is 0 Å². The van der Waals surface area contributed by atoms with E-state index in [1.165, 1.54) is 10.3 Å². The van der Waals surface area contributed by atoms with Gasteiger partial charge in [-0.15, -0.1) is 0 Å². The van der Waals surface area contributed by atoms with Crippen molar-refractivity contribution in [3.63, 3.8) is 0 Å². The third-order valence-corrected chi connectivity index (χ3v) is 7.31. The monoisotopic (exact) mass is 770 g/mol. The number of hydrogen-bond donors (Lipinski definition) is 4. The summed E-state index contributed by atoms with van der Waals surface area (Å²) in [7, 11) is 0. The topological polar surface area (TPSA) is 130 Å². The van der Waals surface area contributed by atoms with Crippen molar-refractivity contribution in [3.8, 4) is 23.0 Å². The number of thiocarbonyl (C=S) groups is 2. The Morgan fingerprint density at radius 2 is 0.608 bits per heavy atom. The summed E-state index contributed by atoms with van der Waals surface area (Å²) < 4.78 is 24.5. The maximum absolute atomic E-state index is 7.13. The minimum atomic E-state index is 0. The van der Waals surface area contributed by atoms with E-state index in [0.29, 0.717) is 26.4 Å². The zero-order chi connectivity index (χ0) is 35.5. The number of isothiocyanates is 2. The van der Waals surface area contributed by atoms with Crippen molar-refractivity contribution in [2.45, 2.75) is 26.2 Å². The molecule has 10 nitrogen and oxygen atoms in total. The van der Waals surface area contributed by atoms with Gasteiger partial charge in [-0.1, -0.05) is 97.2 Å². The van der Waals surface area contributed by atoms with E-state index in [9.17, 15) is 0 Å². The molecule has 4 aromatic rings. The van der Waals surface area contributed by atoms with Crippen LogP contribution < -0.4 is 40.2 Å². The Balaban J connectivity index is 0.00000120. The Morgan fingerprint density at radius 3 is 0.824 bits per heavy atom. The van der Waals surface area contributed by atoms with E-state index in [2.05, 4.69) is 70.0 Å². The first-order chi connectivity index (χ1) is 24.7. The van der Waals surface area contributed by atoms with Gasteiger partial charge in [-0.2, -0.15) is 10.3 Å². The van der Waals surface area contributed by atoms with Gasteiger partial charge in [0, 0.05) is 91.1 Å². The number of hydrogen-bond acceptors (Lipinski definition) is 10. The van der Waals surface area contributed by atoms with Crippen LogP contribution in [0.2, 0.25) is 0 Å². The van der Waals surface area contributed by atoms with E-state index in [1.54, 1.807) is 0 Å². The number of nitrogens with one attached hydrogen (secondary N) is 4.